The van der Waals surface area contributed by atoms with Gasteiger partial charge in [0, 0.05) is 23.1 Å². The van der Waals surface area contributed by atoms with Crippen LogP contribution in [-0.4, -0.2) is 50.8 Å². The van der Waals surface area contributed by atoms with E-state index in [-0.39, 0.29) is 30.3 Å². The van der Waals surface area contributed by atoms with E-state index < -0.39 is 16.2 Å². The second-order valence-electron chi connectivity index (χ2n) is 7.59. The zero-order valence-corrected chi connectivity index (χ0v) is 21.3. The van der Waals surface area contributed by atoms with Gasteiger partial charge in [0.2, 0.25) is 10.0 Å². The first-order valence-electron chi connectivity index (χ1n) is 10.5. The molecule has 34 heavy (non-hydrogen) atoms. The maximum Gasteiger partial charge on any atom is 0.508 e. The van der Waals surface area contributed by atoms with E-state index in [0.717, 1.165) is 20.8 Å². The summed E-state index contributed by atoms with van der Waals surface area (Å²) in [6.45, 7) is 2.06. The number of aromatic hydroxyl groups is 1. The van der Waals surface area contributed by atoms with Crippen LogP contribution >= 0.6 is 15.9 Å². The van der Waals surface area contributed by atoms with Gasteiger partial charge in [-0.05, 0) is 60.5 Å². The summed E-state index contributed by atoms with van der Waals surface area (Å²) in [7, 11) is -2.60. The van der Waals surface area contributed by atoms with E-state index in [2.05, 4.69) is 20.7 Å². The number of methoxy groups -OCH3 is 1. The largest absolute Gasteiger partial charge is 0.508 e. The normalized spacial score (nSPS) is 11.9. The molecule has 0 saturated heterocycles. The number of halogens is 1. The van der Waals surface area contributed by atoms with Crippen molar-refractivity contribution in [1.29, 1.82) is 0 Å². The molecule has 0 atom stereocenters. The van der Waals surface area contributed by atoms with Crippen molar-refractivity contribution in [1.82, 2.24) is 4.31 Å². The highest BCUT2D eigenvalue weighted by atomic mass is 79.9. The first kappa shape index (κ1) is 25.7. The third kappa shape index (κ3) is 6.37. The van der Waals surface area contributed by atoms with E-state index in [1.54, 1.807) is 42.5 Å². The maximum atomic E-state index is 13.4. The van der Waals surface area contributed by atoms with Crippen molar-refractivity contribution in [3.05, 3.63) is 82.3 Å². The molecule has 0 bridgehead atoms. The number of rotatable bonds is 9. The lowest BCUT2D eigenvalue weighted by Crippen LogP contribution is -2.33. The molecule has 3 aromatic rings. The summed E-state index contributed by atoms with van der Waals surface area (Å²) in [5, 5.41) is 12.3. The number of phenolic OH excluding ortho intramolecular Hbond substituents is 1. The van der Waals surface area contributed by atoms with Crippen molar-refractivity contribution in [3.63, 3.8) is 0 Å². The molecule has 180 valence electrons. The second-order valence-corrected chi connectivity index (χ2v) is 10.4. The average molecular weight is 548 g/mol. The average Bonchev–Trinajstić information content (AvgIpc) is 2.81. The molecule has 0 heterocycles. The van der Waals surface area contributed by atoms with Gasteiger partial charge in [-0.1, -0.05) is 51.8 Å². The minimum absolute atomic E-state index is 0.0376. The van der Waals surface area contributed by atoms with E-state index in [1.165, 1.54) is 11.4 Å². The molecule has 9 heteroatoms. The molecule has 0 unspecified atom stereocenters. The standard InChI is InChI=1S/C25H26BrNO6S/c1-18-5-9-21(10-6-18)34(30,31)27(14-3-4-16-33-25(29)32-2)15-13-23-22-11-8-20(26)17-19(22)7-12-24(23)28/h3-12,17,28H,13-16H2,1-2H3/b4-3+. The molecule has 0 saturated carbocycles. The Hall–Kier alpha value is -2.88. The van der Waals surface area contributed by atoms with Gasteiger partial charge in [-0.15, -0.1) is 0 Å². The fraction of sp³-hybridized carbons (Fsp3) is 0.240. The first-order valence-corrected chi connectivity index (χ1v) is 12.8. The van der Waals surface area contributed by atoms with Crippen LogP contribution in [0.4, 0.5) is 4.79 Å². The number of aryl methyl sites for hydroxylation is 1. The molecule has 1 N–H and O–H groups in total. The predicted octanol–water partition coefficient (Wildman–Crippen LogP) is 5.19. The lowest BCUT2D eigenvalue weighted by atomic mass is 10.0. The summed E-state index contributed by atoms with van der Waals surface area (Å²) in [6, 6.07) is 15.8. The van der Waals surface area contributed by atoms with Crippen molar-refractivity contribution in [3.8, 4) is 5.75 Å². The van der Waals surface area contributed by atoms with Crippen LogP contribution in [0.15, 0.2) is 76.1 Å². The molecular weight excluding hydrogens is 522 g/mol. The minimum atomic E-state index is -3.81. The number of phenols is 1. The Kier molecular flexibility index (Phi) is 8.71. The fourth-order valence-corrected chi connectivity index (χ4v) is 5.23. The highest BCUT2D eigenvalue weighted by molar-refractivity contribution is 9.10. The summed E-state index contributed by atoms with van der Waals surface area (Å²) in [5.74, 6) is 0.115. The summed E-state index contributed by atoms with van der Waals surface area (Å²) in [5.41, 5.74) is 1.63. The van der Waals surface area contributed by atoms with Crippen molar-refractivity contribution in [2.45, 2.75) is 18.2 Å². The maximum absolute atomic E-state index is 13.4. The monoisotopic (exact) mass is 547 g/mol. The number of hydrogen-bond donors (Lipinski definition) is 1. The fourth-order valence-electron chi connectivity index (χ4n) is 3.46. The van der Waals surface area contributed by atoms with Gasteiger partial charge in [-0.3, -0.25) is 0 Å². The molecule has 0 fully saturated rings. The molecule has 0 amide bonds. The Labute approximate surface area is 207 Å². The molecule has 7 nitrogen and oxygen atoms in total. The second kappa shape index (κ2) is 11.5. The smallest absolute Gasteiger partial charge is 0.508 e. The number of benzene rings is 3. The van der Waals surface area contributed by atoms with E-state index in [0.29, 0.717) is 12.0 Å². The number of ether oxygens (including phenoxy) is 2. The van der Waals surface area contributed by atoms with Gasteiger partial charge in [0.25, 0.3) is 0 Å². The van der Waals surface area contributed by atoms with Crippen molar-refractivity contribution >= 4 is 42.9 Å². The van der Waals surface area contributed by atoms with Gasteiger partial charge in [0.15, 0.2) is 0 Å². The van der Waals surface area contributed by atoms with Crippen LogP contribution in [0.1, 0.15) is 11.1 Å². The molecule has 3 rings (SSSR count). The molecular formula is C25H26BrNO6S. The zero-order valence-electron chi connectivity index (χ0n) is 18.9. The minimum Gasteiger partial charge on any atom is -0.508 e. The lowest BCUT2D eigenvalue weighted by Gasteiger charge is -2.22. The van der Waals surface area contributed by atoms with Crippen LogP contribution in [0.3, 0.4) is 0 Å². The lowest BCUT2D eigenvalue weighted by molar-refractivity contribution is 0.0817. The van der Waals surface area contributed by atoms with Gasteiger partial charge in [-0.25, -0.2) is 13.2 Å². The molecule has 0 aliphatic heterocycles. The van der Waals surface area contributed by atoms with E-state index >= 15 is 0 Å². The quantitative estimate of drug-likeness (QED) is 0.292. The van der Waals surface area contributed by atoms with Crippen LogP contribution < -0.4 is 0 Å². The highest BCUT2D eigenvalue weighted by Crippen LogP contribution is 2.30. The van der Waals surface area contributed by atoms with Gasteiger partial charge in [-0.2, -0.15) is 4.31 Å². The number of carbonyl (C=O) groups is 1. The van der Waals surface area contributed by atoms with Crippen LogP contribution in [0.2, 0.25) is 0 Å². The van der Waals surface area contributed by atoms with Gasteiger partial charge in [0.05, 0.1) is 12.0 Å². The summed E-state index contributed by atoms with van der Waals surface area (Å²) in [4.78, 5) is 11.3. The third-order valence-corrected chi connectivity index (χ3v) is 7.65. The number of hydrogen-bond acceptors (Lipinski definition) is 6. The number of fused-ring (bicyclic) bond motifs is 1. The molecule has 0 aromatic heterocycles. The predicted molar refractivity (Wildman–Crippen MR) is 134 cm³/mol. The zero-order chi connectivity index (χ0) is 24.7. The molecule has 0 aliphatic carbocycles. The van der Waals surface area contributed by atoms with Crippen LogP contribution in [-0.2, 0) is 25.9 Å². The highest BCUT2D eigenvalue weighted by Gasteiger charge is 2.24. The first-order chi connectivity index (χ1) is 16.2. The molecule has 0 radical (unpaired) electrons. The summed E-state index contributed by atoms with van der Waals surface area (Å²) >= 11 is 3.45. The molecule has 0 spiro atoms. The Morgan fingerprint density at radius 2 is 1.82 bits per heavy atom. The van der Waals surface area contributed by atoms with E-state index in [1.807, 2.05) is 31.2 Å². The van der Waals surface area contributed by atoms with E-state index in [4.69, 9.17) is 4.74 Å². The van der Waals surface area contributed by atoms with Gasteiger partial charge < -0.3 is 14.6 Å². The Bertz CT molecular complexity index is 1290. The van der Waals surface area contributed by atoms with Crippen LogP contribution in [0.5, 0.6) is 5.75 Å². The van der Waals surface area contributed by atoms with Crippen molar-refractivity contribution < 1.29 is 27.8 Å². The SMILES string of the molecule is COC(=O)OC/C=C/CN(CCc1c(O)ccc2cc(Br)ccc12)S(=O)(=O)c1ccc(C)cc1. The van der Waals surface area contributed by atoms with Crippen LogP contribution in [0, 0.1) is 6.92 Å². The van der Waals surface area contributed by atoms with Gasteiger partial charge in [0.1, 0.15) is 12.4 Å². The molecule has 0 aliphatic rings. The number of carbonyl (C=O) groups excluding carboxylic acids is 1. The Morgan fingerprint density at radius 1 is 1.09 bits per heavy atom. The Balaban J connectivity index is 1.86. The van der Waals surface area contributed by atoms with Crippen molar-refractivity contribution in [2.75, 3.05) is 26.8 Å². The Morgan fingerprint density at radius 3 is 2.53 bits per heavy atom. The number of nitrogens with zero attached hydrogens (tertiary/aromatic N) is 1. The van der Waals surface area contributed by atoms with E-state index in [9.17, 15) is 18.3 Å². The van der Waals surface area contributed by atoms with Crippen molar-refractivity contribution in [2.24, 2.45) is 0 Å². The molecule has 3 aromatic carbocycles. The number of sulfonamides is 1. The van der Waals surface area contributed by atoms with Gasteiger partial charge >= 0.3 is 6.16 Å². The summed E-state index contributed by atoms with van der Waals surface area (Å²) in [6.07, 6.45) is 2.67. The van der Waals surface area contributed by atoms with Crippen LogP contribution in [0.25, 0.3) is 10.8 Å². The summed E-state index contributed by atoms with van der Waals surface area (Å²) < 4.78 is 38.3. The topological polar surface area (TPSA) is 93.1 Å². The third-order valence-electron chi connectivity index (χ3n) is 5.28.